The van der Waals surface area contributed by atoms with Crippen LogP contribution in [0.15, 0.2) is 0 Å². The summed E-state index contributed by atoms with van der Waals surface area (Å²) in [5, 5.41) is 8.95. The zero-order valence-electron chi connectivity index (χ0n) is 13.1. The van der Waals surface area contributed by atoms with Gasteiger partial charge in [0, 0.05) is 19.5 Å². The Morgan fingerprint density at radius 1 is 1.30 bits per heavy atom. The second kappa shape index (κ2) is 8.28. The van der Waals surface area contributed by atoms with Crippen molar-refractivity contribution in [1.82, 2.24) is 4.90 Å². The van der Waals surface area contributed by atoms with Crippen LogP contribution >= 0.6 is 0 Å². The van der Waals surface area contributed by atoms with Crippen molar-refractivity contribution in [2.75, 3.05) is 13.6 Å². The van der Waals surface area contributed by atoms with Gasteiger partial charge in [-0.1, -0.05) is 46.0 Å². The van der Waals surface area contributed by atoms with Crippen molar-refractivity contribution < 1.29 is 14.7 Å². The summed E-state index contributed by atoms with van der Waals surface area (Å²) in [5.41, 5.74) is 0. The van der Waals surface area contributed by atoms with E-state index in [2.05, 4.69) is 6.92 Å². The summed E-state index contributed by atoms with van der Waals surface area (Å²) in [6.07, 6.45) is 8.00. The second-order valence-electron chi connectivity index (χ2n) is 6.33. The first-order chi connectivity index (χ1) is 9.45. The van der Waals surface area contributed by atoms with Gasteiger partial charge in [-0.3, -0.25) is 9.59 Å². The van der Waals surface area contributed by atoms with Gasteiger partial charge in [0.05, 0.1) is 5.92 Å². The first kappa shape index (κ1) is 17.0. The quantitative estimate of drug-likeness (QED) is 0.744. The van der Waals surface area contributed by atoms with E-state index in [1.54, 1.807) is 18.9 Å². The summed E-state index contributed by atoms with van der Waals surface area (Å²) in [6.45, 7) is 4.06. The van der Waals surface area contributed by atoms with Gasteiger partial charge in [-0.25, -0.2) is 0 Å². The van der Waals surface area contributed by atoms with Gasteiger partial charge in [-0.2, -0.15) is 0 Å². The maximum Gasteiger partial charge on any atom is 0.308 e. The van der Waals surface area contributed by atoms with Gasteiger partial charge < -0.3 is 10.0 Å². The summed E-state index contributed by atoms with van der Waals surface area (Å²) < 4.78 is 0. The topological polar surface area (TPSA) is 57.6 Å². The second-order valence-corrected chi connectivity index (χ2v) is 6.33. The molecule has 0 spiro atoms. The minimum Gasteiger partial charge on any atom is -0.481 e. The van der Waals surface area contributed by atoms with Gasteiger partial charge in [0.25, 0.3) is 0 Å². The largest absolute Gasteiger partial charge is 0.481 e. The number of carboxylic acids is 1. The summed E-state index contributed by atoms with van der Waals surface area (Å²) >= 11 is 0. The Morgan fingerprint density at radius 2 is 1.90 bits per heavy atom. The third kappa shape index (κ3) is 5.14. The molecule has 4 nitrogen and oxygen atoms in total. The highest BCUT2D eigenvalue weighted by molar-refractivity contribution is 5.79. The minimum atomic E-state index is -0.840. The maximum absolute atomic E-state index is 12.5. The molecule has 0 aromatic rings. The Bertz CT molecular complexity index is 324. The maximum atomic E-state index is 12.5. The number of rotatable bonds is 8. The normalized spacial score (nSPS) is 18.8. The Labute approximate surface area is 122 Å². The number of amides is 1. The van der Waals surface area contributed by atoms with E-state index in [-0.39, 0.29) is 11.8 Å². The zero-order valence-corrected chi connectivity index (χ0v) is 13.1. The van der Waals surface area contributed by atoms with Gasteiger partial charge in [-0.15, -0.1) is 0 Å². The van der Waals surface area contributed by atoms with E-state index in [1.165, 1.54) is 25.7 Å². The summed E-state index contributed by atoms with van der Waals surface area (Å²) in [7, 11) is 1.74. The van der Waals surface area contributed by atoms with Crippen molar-refractivity contribution in [3.63, 3.8) is 0 Å². The Balaban J connectivity index is 2.55. The lowest BCUT2D eigenvalue weighted by Crippen LogP contribution is -2.38. The molecule has 0 aromatic carbocycles. The van der Waals surface area contributed by atoms with Crippen LogP contribution in [0.4, 0.5) is 0 Å². The summed E-state index contributed by atoms with van der Waals surface area (Å²) in [4.78, 5) is 25.0. The highest BCUT2D eigenvalue weighted by Gasteiger charge is 2.27. The predicted octanol–water partition coefficient (Wildman–Crippen LogP) is 3.16. The van der Waals surface area contributed by atoms with Crippen molar-refractivity contribution in [3.8, 4) is 0 Å². The standard InChI is InChI=1S/C16H29NO3/c1-4-7-14(10-13-8-5-6-9-13)15(18)17(3)11-12(2)16(19)20/h12-14H,4-11H2,1-3H3,(H,19,20). The molecule has 1 fully saturated rings. The van der Waals surface area contributed by atoms with Gasteiger partial charge in [0.1, 0.15) is 0 Å². The average Bonchev–Trinajstić information content (AvgIpc) is 2.90. The number of carboxylic acid groups (broad SMARTS) is 1. The molecule has 20 heavy (non-hydrogen) atoms. The molecule has 1 aliphatic carbocycles. The molecule has 0 bridgehead atoms. The minimum absolute atomic E-state index is 0.0779. The fourth-order valence-electron chi connectivity index (χ4n) is 3.23. The van der Waals surface area contributed by atoms with Crippen LogP contribution in [0.5, 0.6) is 0 Å². The SMILES string of the molecule is CCCC(CC1CCCC1)C(=O)N(C)CC(C)C(=O)O. The lowest BCUT2D eigenvalue weighted by Gasteiger charge is -2.26. The molecule has 2 unspecified atom stereocenters. The summed E-state index contributed by atoms with van der Waals surface area (Å²) in [5.74, 6) is -0.438. The smallest absolute Gasteiger partial charge is 0.308 e. The molecule has 1 saturated carbocycles. The zero-order chi connectivity index (χ0) is 15.1. The van der Waals surface area contributed by atoms with Crippen LogP contribution < -0.4 is 0 Å². The van der Waals surface area contributed by atoms with Crippen LogP contribution in [0, 0.1) is 17.8 Å². The van der Waals surface area contributed by atoms with Crippen molar-refractivity contribution >= 4 is 11.9 Å². The first-order valence-electron chi connectivity index (χ1n) is 7.93. The van der Waals surface area contributed by atoms with Crippen LogP contribution in [0.2, 0.25) is 0 Å². The van der Waals surface area contributed by atoms with Crippen LogP contribution in [-0.4, -0.2) is 35.5 Å². The molecular formula is C16H29NO3. The Morgan fingerprint density at radius 3 is 2.40 bits per heavy atom. The summed E-state index contributed by atoms with van der Waals surface area (Å²) in [6, 6.07) is 0. The highest BCUT2D eigenvalue weighted by Crippen LogP contribution is 2.32. The van der Waals surface area contributed by atoms with Crippen molar-refractivity contribution in [2.24, 2.45) is 17.8 Å². The van der Waals surface area contributed by atoms with Crippen LogP contribution in [0.3, 0.4) is 0 Å². The monoisotopic (exact) mass is 283 g/mol. The van der Waals surface area contributed by atoms with E-state index >= 15 is 0 Å². The van der Waals surface area contributed by atoms with E-state index in [4.69, 9.17) is 5.11 Å². The number of carbonyl (C=O) groups excluding carboxylic acids is 1. The van der Waals surface area contributed by atoms with Crippen LogP contribution in [0.1, 0.15) is 58.8 Å². The number of hydrogen-bond donors (Lipinski definition) is 1. The molecule has 1 rings (SSSR count). The fraction of sp³-hybridized carbons (Fsp3) is 0.875. The Hall–Kier alpha value is -1.06. The van der Waals surface area contributed by atoms with E-state index in [1.807, 2.05) is 0 Å². The third-order valence-corrected chi connectivity index (χ3v) is 4.42. The average molecular weight is 283 g/mol. The Kier molecular flexibility index (Phi) is 7.03. The van der Waals surface area contributed by atoms with Crippen molar-refractivity contribution in [1.29, 1.82) is 0 Å². The van der Waals surface area contributed by atoms with E-state index < -0.39 is 11.9 Å². The number of aliphatic carboxylic acids is 1. The molecule has 1 N–H and O–H groups in total. The fourth-order valence-corrected chi connectivity index (χ4v) is 3.23. The number of nitrogens with zero attached hydrogens (tertiary/aromatic N) is 1. The van der Waals surface area contributed by atoms with Gasteiger partial charge in [0.2, 0.25) is 5.91 Å². The molecule has 0 radical (unpaired) electrons. The molecule has 4 heteroatoms. The van der Waals surface area contributed by atoms with Crippen LogP contribution in [-0.2, 0) is 9.59 Å². The molecule has 0 heterocycles. The molecule has 0 saturated heterocycles. The van der Waals surface area contributed by atoms with E-state index in [0.717, 1.165) is 19.3 Å². The molecule has 0 aromatic heterocycles. The molecule has 0 aliphatic heterocycles. The first-order valence-corrected chi connectivity index (χ1v) is 7.93. The molecule has 1 aliphatic rings. The molecule has 2 atom stereocenters. The lowest BCUT2D eigenvalue weighted by molar-refractivity contribution is -0.143. The van der Waals surface area contributed by atoms with Crippen molar-refractivity contribution in [3.05, 3.63) is 0 Å². The van der Waals surface area contributed by atoms with E-state index in [0.29, 0.717) is 12.5 Å². The molecular weight excluding hydrogens is 254 g/mol. The number of hydrogen-bond acceptors (Lipinski definition) is 2. The lowest BCUT2D eigenvalue weighted by atomic mass is 9.89. The van der Waals surface area contributed by atoms with E-state index in [9.17, 15) is 9.59 Å². The van der Waals surface area contributed by atoms with Crippen molar-refractivity contribution in [2.45, 2.75) is 58.8 Å². The van der Waals surface area contributed by atoms with Gasteiger partial charge in [-0.05, 0) is 18.8 Å². The molecule has 1 amide bonds. The number of carbonyl (C=O) groups is 2. The van der Waals surface area contributed by atoms with Gasteiger partial charge >= 0.3 is 5.97 Å². The molecule has 116 valence electrons. The van der Waals surface area contributed by atoms with Gasteiger partial charge in [0.15, 0.2) is 0 Å². The van der Waals surface area contributed by atoms with Crippen LogP contribution in [0.25, 0.3) is 0 Å². The highest BCUT2D eigenvalue weighted by atomic mass is 16.4. The third-order valence-electron chi connectivity index (χ3n) is 4.42. The predicted molar refractivity (Wildman–Crippen MR) is 79.4 cm³/mol.